The molecule has 0 aromatic rings. The third-order valence-electron chi connectivity index (χ3n) is 3.49. The summed E-state index contributed by atoms with van der Waals surface area (Å²) in [6.45, 7) is 7.75. The van der Waals surface area contributed by atoms with Gasteiger partial charge < -0.3 is 14.9 Å². The van der Waals surface area contributed by atoms with Crippen molar-refractivity contribution in [2.45, 2.75) is 32.6 Å². The zero-order chi connectivity index (χ0) is 14.4. The van der Waals surface area contributed by atoms with Crippen LogP contribution in [0, 0.1) is 5.92 Å². The summed E-state index contributed by atoms with van der Waals surface area (Å²) in [6.07, 6.45) is 2.76. The van der Waals surface area contributed by atoms with Gasteiger partial charge in [-0.05, 0) is 32.1 Å². The van der Waals surface area contributed by atoms with Crippen molar-refractivity contribution in [1.29, 1.82) is 0 Å². The van der Waals surface area contributed by atoms with Crippen molar-refractivity contribution in [1.82, 2.24) is 9.80 Å². The summed E-state index contributed by atoms with van der Waals surface area (Å²) >= 11 is 0. The lowest BCUT2D eigenvalue weighted by molar-refractivity contribution is -0.137. The van der Waals surface area contributed by atoms with Gasteiger partial charge >= 0.3 is 12.0 Å². The van der Waals surface area contributed by atoms with Crippen molar-refractivity contribution in [3.05, 3.63) is 12.2 Å². The summed E-state index contributed by atoms with van der Waals surface area (Å²) in [5, 5.41) is 8.66. The Kier molecular flexibility index (Phi) is 5.86. The number of urea groups is 1. The van der Waals surface area contributed by atoms with Crippen LogP contribution in [0.25, 0.3) is 0 Å². The normalized spacial score (nSPS) is 16.2. The van der Waals surface area contributed by atoms with Gasteiger partial charge in [-0.2, -0.15) is 0 Å². The average Bonchev–Trinajstić information content (AvgIpc) is 2.35. The number of carbonyl (C=O) groups is 2. The monoisotopic (exact) mass is 268 g/mol. The van der Waals surface area contributed by atoms with E-state index in [0.29, 0.717) is 12.5 Å². The van der Waals surface area contributed by atoms with Crippen LogP contribution in [-0.2, 0) is 4.79 Å². The molecule has 5 heteroatoms. The molecule has 0 spiro atoms. The molecule has 0 atom stereocenters. The van der Waals surface area contributed by atoms with Gasteiger partial charge in [0, 0.05) is 33.1 Å². The van der Waals surface area contributed by atoms with Crippen molar-refractivity contribution >= 4 is 12.0 Å². The fraction of sp³-hybridized carbons (Fsp3) is 0.714. The molecule has 19 heavy (non-hydrogen) atoms. The van der Waals surface area contributed by atoms with Crippen LogP contribution in [0.5, 0.6) is 0 Å². The molecule has 1 rings (SSSR count). The van der Waals surface area contributed by atoms with E-state index >= 15 is 0 Å². The molecular weight excluding hydrogens is 244 g/mol. The molecule has 0 unspecified atom stereocenters. The number of likely N-dealkylation sites (N-methyl/N-ethyl adjacent to an activating group) is 1. The van der Waals surface area contributed by atoms with E-state index < -0.39 is 5.97 Å². The van der Waals surface area contributed by atoms with Crippen LogP contribution < -0.4 is 0 Å². The Morgan fingerprint density at radius 3 is 2.42 bits per heavy atom. The van der Waals surface area contributed by atoms with Crippen molar-refractivity contribution in [3.8, 4) is 0 Å². The third kappa shape index (κ3) is 5.32. The minimum atomic E-state index is -0.736. The molecule has 0 aromatic heterocycles. The van der Waals surface area contributed by atoms with Gasteiger partial charge in [0.05, 0.1) is 0 Å². The van der Waals surface area contributed by atoms with Crippen molar-refractivity contribution < 1.29 is 14.7 Å². The van der Waals surface area contributed by atoms with Crippen molar-refractivity contribution in [3.63, 3.8) is 0 Å². The van der Waals surface area contributed by atoms with Gasteiger partial charge in [-0.1, -0.05) is 12.2 Å². The van der Waals surface area contributed by atoms with E-state index in [2.05, 4.69) is 6.58 Å². The first-order valence-electron chi connectivity index (χ1n) is 6.76. The predicted molar refractivity (Wildman–Crippen MR) is 74.0 cm³/mol. The molecule has 1 saturated heterocycles. The number of piperidine rings is 1. The number of aliphatic carboxylic acids is 1. The molecule has 0 aliphatic carbocycles. The molecular formula is C14H24N2O3. The minimum Gasteiger partial charge on any atom is -0.481 e. The Morgan fingerprint density at radius 2 is 1.95 bits per heavy atom. The van der Waals surface area contributed by atoms with E-state index in [1.54, 1.807) is 11.9 Å². The number of rotatable bonds is 5. The lowest BCUT2D eigenvalue weighted by Gasteiger charge is -2.34. The highest BCUT2D eigenvalue weighted by Crippen LogP contribution is 2.22. The number of hydrogen-bond donors (Lipinski definition) is 1. The number of nitrogens with zero attached hydrogens (tertiary/aromatic N) is 2. The van der Waals surface area contributed by atoms with Gasteiger partial charge in [-0.15, -0.1) is 0 Å². The third-order valence-corrected chi connectivity index (χ3v) is 3.49. The molecule has 0 saturated carbocycles. The standard InChI is InChI=1S/C14H24N2O3/c1-11(2)10-15(3)14(19)16-8-6-12(7-9-16)4-5-13(17)18/h12H,1,4-10H2,2-3H3,(H,17,18). The first kappa shape index (κ1) is 15.5. The molecule has 5 nitrogen and oxygen atoms in total. The largest absolute Gasteiger partial charge is 0.481 e. The molecule has 108 valence electrons. The molecule has 1 heterocycles. The second-order valence-electron chi connectivity index (χ2n) is 5.46. The summed E-state index contributed by atoms with van der Waals surface area (Å²) in [6, 6.07) is 0.0414. The van der Waals surface area contributed by atoms with Gasteiger partial charge in [-0.25, -0.2) is 4.79 Å². The summed E-state index contributed by atoms with van der Waals surface area (Å²) in [7, 11) is 1.79. The van der Waals surface area contributed by atoms with Gasteiger partial charge in [0.15, 0.2) is 0 Å². The van der Waals surface area contributed by atoms with Gasteiger partial charge in [-0.3, -0.25) is 4.79 Å². The molecule has 1 fully saturated rings. The number of amides is 2. The second kappa shape index (κ2) is 7.16. The van der Waals surface area contributed by atoms with Crippen molar-refractivity contribution in [2.24, 2.45) is 5.92 Å². The number of carbonyl (C=O) groups excluding carboxylic acids is 1. The highest BCUT2D eigenvalue weighted by atomic mass is 16.4. The van der Waals surface area contributed by atoms with E-state index in [-0.39, 0.29) is 12.5 Å². The lowest BCUT2D eigenvalue weighted by atomic mass is 9.92. The highest BCUT2D eigenvalue weighted by molar-refractivity contribution is 5.74. The van der Waals surface area contributed by atoms with Crippen LogP contribution in [0.3, 0.4) is 0 Å². The SMILES string of the molecule is C=C(C)CN(C)C(=O)N1CCC(CCC(=O)O)CC1. The Labute approximate surface area is 114 Å². The number of likely N-dealkylation sites (tertiary alicyclic amines) is 1. The molecule has 0 bridgehead atoms. The van der Waals surface area contributed by atoms with E-state index in [4.69, 9.17) is 5.11 Å². The van der Waals surface area contributed by atoms with Gasteiger partial charge in [0.1, 0.15) is 0 Å². The maximum absolute atomic E-state index is 12.1. The Morgan fingerprint density at radius 1 is 1.37 bits per heavy atom. The zero-order valence-corrected chi connectivity index (χ0v) is 11.9. The molecule has 1 N–H and O–H groups in total. The lowest BCUT2D eigenvalue weighted by Crippen LogP contribution is -2.45. The van der Waals surface area contributed by atoms with Crippen LogP contribution in [0.2, 0.25) is 0 Å². The second-order valence-corrected chi connectivity index (χ2v) is 5.46. The Balaban J connectivity index is 2.34. The number of carboxylic acid groups (broad SMARTS) is 1. The zero-order valence-electron chi connectivity index (χ0n) is 11.9. The van der Waals surface area contributed by atoms with Crippen LogP contribution >= 0.6 is 0 Å². The van der Waals surface area contributed by atoms with Crippen molar-refractivity contribution in [2.75, 3.05) is 26.7 Å². The van der Waals surface area contributed by atoms with Gasteiger partial charge in [0.2, 0.25) is 0 Å². The summed E-state index contributed by atoms with van der Waals surface area (Å²) in [4.78, 5) is 26.2. The maximum atomic E-state index is 12.1. The first-order valence-corrected chi connectivity index (χ1v) is 6.76. The van der Waals surface area contributed by atoms with E-state index in [1.165, 1.54) is 0 Å². The van der Waals surface area contributed by atoms with Crippen LogP contribution in [0.4, 0.5) is 4.79 Å². The molecule has 1 aliphatic rings. The quantitative estimate of drug-likeness (QED) is 0.777. The summed E-state index contributed by atoms with van der Waals surface area (Å²) in [5.74, 6) is -0.300. The number of carboxylic acids is 1. The first-order chi connectivity index (χ1) is 8.90. The molecule has 0 radical (unpaired) electrons. The topological polar surface area (TPSA) is 60.9 Å². The Bertz CT molecular complexity index is 347. The fourth-order valence-corrected chi connectivity index (χ4v) is 2.45. The van der Waals surface area contributed by atoms with E-state index in [9.17, 15) is 9.59 Å². The maximum Gasteiger partial charge on any atom is 0.320 e. The molecule has 2 amide bonds. The Hall–Kier alpha value is -1.52. The minimum absolute atomic E-state index is 0.0414. The van der Waals surface area contributed by atoms with Crippen LogP contribution in [-0.4, -0.2) is 53.6 Å². The molecule has 0 aromatic carbocycles. The van der Waals surface area contributed by atoms with E-state index in [0.717, 1.165) is 37.9 Å². The number of hydrogen-bond acceptors (Lipinski definition) is 2. The average molecular weight is 268 g/mol. The smallest absolute Gasteiger partial charge is 0.320 e. The van der Waals surface area contributed by atoms with Gasteiger partial charge in [0.25, 0.3) is 0 Å². The fourth-order valence-electron chi connectivity index (χ4n) is 2.45. The summed E-state index contributed by atoms with van der Waals surface area (Å²) in [5.41, 5.74) is 0.965. The molecule has 1 aliphatic heterocycles. The van der Waals surface area contributed by atoms with Crippen LogP contribution in [0.15, 0.2) is 12.2 Å². The van der Waals surface area contributed by atoms with E-state index in [1.807, 2.05) is 11.8 Å². The highest BCUT2D eigenvalue weighted by Gasteiger charge is 2.24. The summed E-state index contributed by atoms with van der Waals surface area (Å²) < 4.78 is 0. The van der Waals surface area contributed by atoms with Crippen LogP contribution in [0.1, 0.15) is 32.6 Å². The predicted octanol–water partition coefficient (Wildman–Crippen LogP) is 2.19.